The van der Waals surface area contributed by atoms with Crippen molar-refractivity contribution in [2.24, 2.45) is 0 Å². The van der Waals surface area contributed by atoms with Crippen LogP contribution in [-0.4, -0.2) is 38.0 Å². The summed E-state index contributed by atoms with van der Waals surface area (Å²) in [6.07, 6.45) is 8.79. The number of benzene rings is 1. The number of aryl methyl sites for hydroxylation is 2. The maximum absolute atomic E-state index is 5.92. The Balaban J connectivity index is 1.28. The highest BCUT2D eigenvalue weighted by Crippen LogP contribution is 2.46. The van der Waals surface area contributed by atoms with Gasteiger partial charge in [-0.25, -0.2) is 0 Å². The molecule has 2 saturated carbocycles. The highest BCUT2D eigenvalue weighted by atomic mass is 16.7. The highest BCUT2D eigenvalue weighted by molar-refractivity contribution is 5.42. The molecule has 0 amide bonds. The Morgan fingerprint density at radius 2 is 1.04 bits per heavy atom. The Bertz CT molecular complexity index is 672. The number of ether oxygens (including phenoxy) is 4. The smallest absolute Gasteiger partial charge is 0.168 e. The standard InChI is InChI=1S/C24H34O4/c1-17-15-21(19-3-7-23(8-4-19)25-11-12-26-23)16-18(2)22(17)20-5-9-24(10-6-20)27-13-14-28-24/h15-16,19-20H,3-14H2,1-2H3. The van der Waals surface area contributed by atoms with E-state index in [1.54, 1.807) is 5.56 Å². The van der Waals surface area contributed by atoms with E-state index >= 15 is 0 Å². The molecule has 2 heterocycles. The average molecular weight is 387 g/mol. The molecular formula is C24H34O4. The van der Waals surface area contributed by atoms with Crippen molar-refractivity contribution in [3.63, 3.8) is 0 Å². The van der Waals surface area contributed by atoms with Crippen LogP contribution in [-0.2, 0) is 18.9 Å². The summed E-state index contributed by atoms with van der Waals surface area (Å²) in [5, 5.41) is 0. The van der Waals surface area contributed by atoms with Gasteiger partial charge < -0.3 is 18.9 Å². The van der Waals surface area contributed by atoms with Crippen LogP contribution in [0.4, 0.5) is 0 Å². The van der Waals surface area contributed by atoms with Crippen LogP contribution in [0.1, 0.15) is 85.5 Å². The van der Waals surface area contributed by atoms with Crippen LogP contribution in [0.3, 0.4) is 0 Å². The summed E-state index contributed by atoms with van der Waals surface area (Å²) in [5.41, 5.74) is 6.03. The summed E-state index contributed by atoms with van der Waals surface area (Å²) < 4.78 is 23.7. The second kappa shape index (κ2) is 7.39. The van der Waals surface area contributed by atoms with Gasteiger partial charge in [0.2, 0.25) is 0 Å². The molecule has 2 aliphatic carbocycles. The summed E-state index contributed by atoms with van der Waals surface area (Å²) in [6.45, 7) is 7.66. The highest BCUT2D eigenvalue weighted by Gasteiger charge is 2.42. The lowest BCUT2D eigenvalue weighted by Crippen LogP contribution is -2.35. The lowest BCUT2D eigenvalue weighted by molar-refractivity contribution is -0.179. The molecule has 1 aromatic rings. The maximum atomic E-state index is 5.92. The predicted molar refractivity (Wildman–Crippen MR) is 108 cm³/mol. The van der Waals surface area contributed by atoms with Crippen molar-refractivity contribution in [3.05, 3.63) is 34.4 Å². The van der Waals surface area contributed by atoms with E-state index in [9.17, 15) is 0 Å². The van der Waals surface area contributed by atoms with E-state index in [1.807, 2.05) is 0 Å². The number of hydrogen-bond acceptors (Lipinski definition) is 4. The van der Waals surface area contributed by atoms with Gasteiger partial charge in [-0.05, 0) is 73.6 Å². The lowest BCUT2D eigenvalue weighted by Gasteiger charge is -2.37. The molecular weight excluding hydrogens is 352 g/mol. The van der Waals surface area contributed by atoms with E-state index < -0.39 is 0 Å². The van der Waals surface area contributed by atoms with E-state index in [4.69, 9.17) is 18.9 Å². The molecule has 28 heavy (non-hydrogen) atoms. The van der Waals surface area contributed by atoms with Crippen LogP contribution in [0.15, 0.2) is 12.1 Å². The van der Waals surface area contributed by atoms with Crippen molar-refractivity contribution in [2.45, 2.75) is 88.6 Å². The quantitative estimate of drug-likeness (QED) is 0.708. The van der Waals surface area contributed by atoms with Crippen molar-refractivity contribution in [3.8, 4) is 0 Å². The maximum Gasteiger partial charge on any atom is 0.168 e. The molecule has 4 aliphatic rings. The average Bonchev–Trinajstić information content (AvgIpc) is 3.34. The second-order valence-corrected chi connectivity index (χ2v) is 9.33. The van der Waals surface area contributed by atoms with Gasteiger partial charge >= 0.3 is 0 Å². The van der Waals surface area contributed by atoms with Crippen LogP contribution in [0, 0.1) is 13.8 Å². The van der Waals surface area contributed by atoms with E-state index in [2.05, 4.69) is 26.0 Å². The van der Waals surface area contributed by atoms with Crippen LogP contribution >= 0.6 is 0 Å². The molecule has 2 spiro atoms. The lowest BCUT2D eigenvalue weighted by atomic mass is 9.75. The van der Waals surface area contributed by atoms with E-state index in [-0.39, 0.29) is 11.6 Å². The first-order chi connectivity index (χ1) is 13.6. The summed E-state index contributed by atoms with van der Waals surface area (Å²) >= 11 is 0. The molecule has 0 N–H and O–H groups in total. The third kappa shape index (κ3) is 3.43. The summed E-state index contributed by atoms with van der Waals surface area (Å²) in [7, 11) is 0. The predicted octanol–water partition coefficient (Wildman–Crippen LogP) is 5.10. The van der Waals surface area contributed by atoms with Gasteiger partial charge in [-0.15, -0.1) is 0 Å². The largest absolute Gasteiger partial charge is 0.348 e. The van der Waals surface area contributed by atoms with Crippen LogP contribution in [0.2, 0.25) is 0 Å². The molecule has 4 nitrogen and oxygen atoms in total. The molecule has 0 unspecified atom stereocenters. The topological polar surface area (TPSA) is 36.9 Å². The molecule has 0 aromatic heterocycles. The monoisotopic (exact) mass is 386 g/mol. The molecule has 0 radical (unpaired) electrons. The molecule has 2 saturated heterocycles. The van der Waals surface area contributed by atoms with Gasteiger partial charge in [0.15, 0.2) is 11.6 Å². The van der Waals surface area contributed by atoms with Gasteiger partial charge in [-0.1, -0.05) is 12.1 Å². The Morgan fingerprint density at radius 3 is 1.46 bits per heavy atom. The first-order valence-corrected chi connectivity index (χ1v) is 11.3. The minimum atomic E-state index is -0.263. The zero-order valence-electron chi connectivity index (χ0n) is 17.4. The molecule has 0 atom stereocenters. The summed E-state index contributed by atoms with van der Waals surface area (Å²) in [5.74, 6) is 0.756. The Hall–Kier alpha value is -0.940. The Labute approximate surface area is 168 Å². The fourth-order valence-corrected chi connectivity index (χ4v) is 6.20. The zero-order valence-corrected chi connectivity index (χ0v) is 17.4. The minimum absolute atomic E-state index is 0.261. The fourth-order valence-electron chi connectivity index (χ4n) is 6.20. The van der Waals surface area contributed by atoms with E-state index in [0.29, 0.717) is 11.8 Å². The van der Waals surface area contributed by atoms with Gasteiger partial charge in [-0.2, -0.15) is 0 Å². The molecule has 4 fully saturated rings. The number of hydrogen-bond donors (Lipinski definition) is 0. The molecule has 1 aromatic carbocycles. The van der Waals surface area contributed by atoms with Gasteiger partial charge in [0.1, 0.15) is 0 Å². The van der Waals surface area contributed by atoms with Crippen molar-refractivity contribution in [1.82, 2.24) is 0 Å². The first kappa shape index (κ1) is 19.0. The van der Waals surface area contributed by atoms with Crippen molar-refractivity contribution >= 4 is 0 Å². The summed E-state index contributed by atoms with van der Waals surface area (Å²) in [6, 6.07) is 4.93. The Morgan fingerprint density at radius 1 is 0.643 bits per heavy atom. The van der Waals surface area contributed by atoms with Gasteiger partial charge in [0.25, 0.3) is 0 Å². The van der Waals surface area contributed by atoms with Crippen molar-refractivity contribution in [1.29, 1.82) is 0 Å². The van der Waals surface area contributed by atoms with Gasteiger partial charge in [0.05, 0.1) is 26.4 Å². The second-order valence-electron chi connectivity index (χ2n) is 9.33. The van der Waals surface area contributed by atoms with Crippen LogP contribution < -0.4 is 0 Å². The first-order valence-electron chi connectivity index (χ1n) is 11.3. The molecule has 5 rings (SSSR count). The minimum Gasteiger partial charge on any atom is -0.348 e. The molecule has 154 valence electrons. The SMILES string of the molecule is Cc1cc(C2CCC3(CC2)OCCO3)cc(C)c1C1CCC2(CC1)OCCO2. The van der Waals surface area contributed by atoms with Crippen LogP contribution in [0.25, 0.3) is 0 Å². The summed E-state index contributed by atoms with van der Waals surface area (Å²) in [4.78, 5) is 0. The van der Waals surface area contributed by atoms with Crippen LogP contribution in [0.5, 0.6) is 0 Å². The molecule has 2 aliphatic heterocycles. The molecule has 0 bridgehead atoms. The van der Waals surface area contributed by atoms with E-state index in [1.165, 1.54) is 42.4 Å². The number of rotatable bonds is 2. The van der Waals surface area contributed by atoms with Gasteiger partial charge in [-0.3, -0.25) is 0 Å². The normalized spacial score (nSPS) is 29.7. The van der Waals surface area contributed by atoms with E-state index in [0.717, 1.165) is 52.1 Å². The third-order valence-electron chi connectivity index (χ3n) is 7.62. The van der Waals surface area contributed by atoms with Gasteiger partial charge in [0, 0.05) is 25.7 Å². The van der Waals surface area contributed by atoms with Crippen molar-refractivity contribution < 1.29 is 18.9 Å². The third-order valence-corrected chi connectivity index (χ3v) is 7.62. The Kier molecular flexibility index (Phi) is 5.03. The van der Waals surface area contributed by atoms with Crippen molar-refractivity contribution in [2.75, 3.05) is 26.4 Å². The zero-order chi connectivity index (χ0) is 19.2. The fraction of sp³-hybridized carbons (Fsp3) is 0.750. The molecule has 4 heteroatoms.